The van der Waals surface area contributed by atoms with Gasteiger partial charge in [0.15, 0.2) is 17.3 Å². The van der Waals surface area contributed by atoms with E-state index in [2.05, 4.69) is 0 Å². The van der Waals surface area contributed by atoms with Gasteiger partial charge in [-0.15, -0.1) is 0 Å². The largest absolute Gasteiger partial charge is 0.504 e. The monoisotopic (exact) mass is 298 g/mol. The maximum absolute atomic E-state index is 12.9. The number of hydrogen-bond acceptors (Lipinski definition) is 3. The lowest BCUT2D eigenvalue weighted by Crippen LogP contribution is -2.38. The van der Waals surface area contributed by atoms with E-state index >= 15 is 0 Å². The van der Waals surface area contributed by atoms with Gasteiger partial charge in [0, 0.05) is 5.41 Å². The zero-order valence-electron chi connectivity index (χ0n) is 12.7. The summed E-state index contributed by atoms with van der Waals surface area (Å²) in [7, 11) is 0. The summed E-state index contributed by atoms with van der Waals surface area (Å²) in [5.74, 6) is 2.21. The number of hydrogen-bond donors (Lipinski definition) is 2. The highest BCUT2D eigenvalue weighted by Gasteiger charge is 2.56. The second kappa shape index (κ2) is 4.87. The fourth-order valence-corrected chi connectivity index (χ4v) is 5.28. The first-order valence-corrected chi connectivity index (χ1v) is 8.31. The second-order valence-electron chi connectivity index (χ2n) is 7.48. The number of rotatable bonds is 3. The molecule has 0 radical (unpaired) electrons. The van der Waals surface area contributed by atoms with E-state index in [9.17, 15) is 15.0 Å². The first-order valence-electron chi connectivity index (χ1n) is 8.31. The van der Waals surface area contributed by atoms with Crippen molar-refractivity contribution in [2.24, 2.45) is 23.2 Å². The number of carbonyl (C=O) groups is 1. The Morgan fingerprint density at radius 3 is 2.77 bits per heavy atom. The van der Waals surface area contributed by atoms with Crippen LogP contribution in [0.3, 0.4) is 0 Å². The van der Waals surface area contributed by atoms with Crippen LogP contribution in [-0.2, 0) is 4.79 Å². The molecule has 0 saturated heterocycles. The minimum Gasteiger partial charge on any atom is -0.504 e. The lowest BCUT2D eigenvalue weighted by molar-refractivity contribution is -0.128. The van der Waals surface area contributed by atoms with Crippen LogP contribution in [0.1, 0.15) is 44.1 Å². The smallest absolute Gasteiger partial charge is 0.162 e. The van der Waals surface area contributed by atoms with Crippen LogP contribution in [0.5, 0.6) is 11.5 Å². The van der Waals surface area contributed by atoms with Crippen molar-refractivity contribution >= 4 is 11.9 Å². The quantitative estimate of drug-likeness (QED) is 0.657. The molecule has 3 nitrogen and oxygen atoms in total. The molecule has 3 bridgehead atoms. The van der Waals surface area contributed by atoms with Gasteiger partial charge in [-0.3, -0.25) is 4.79 Å². The highest BCUT2D eigenvalue weighted by atomic mass is 16.3. The van der Waals surface area contributed by atoms with Gasteiger partial charge < -0.3 is 10.2 Å². The third-order valence-electron chi connectivity index (χ3n) is 6.25. The van der Waals surface area contributed by atoms with Crippen molar-refractivity contribution in [2.45, 2.75) is 38.5 Å². The van der Waals surface area contributed by atoms with E-state index in [4.69, 9.17) is 0 Å². The third kappa shape index (κ3) is 2.06. The second-order valence-corrected chi connectivity index (χ2v) is 7.48. The molecule has 3 heteroatoms. The van der Waals surface area contributed by atoms with Crippen molar-refractivity contribution in [1.29, 1.82) is 0 Å². The Bertz CT molecular complexity index is 648. The molecule has 0 amide bonds. The van der Waals surface area contributed by atoms with Gasteiger partial charge in [0.25, 0.3) is 0 Å². The molecule has 0 aliphatic heterocycles. The van der Waals surface area contributed by atoms with E-state index in [0.29, 0.717) is 5.92 Å². The van der Waals surface area contributed by atoms with E-state index in [-0.39, 0.29) is 22.7 Å². The van der Waals surface area contributed by atoms with Crippen LogP contribution in [0.15, 0.2) is 24.3 Å². The molecule has 3 saturated carbocycles. The summed E-state index contributed by atoms with van der Waals surface area (Å²) in [6.07, 6.45) is 10.7. The first kappa shape index (κ1) is 13.9. The predicted octanol–water partition coefficient (Wildman–Crippen LogP) is 3.90. The van der Waals surface area contributed by atoms with Crippen LogP contribution >= 0.6 is 0 Å². The highest BCUT2D eigenvalue weighted by Crippen LogP contribution is 2.62. The van der Waals surface area contributed by atoms with Gasteiger partial charge in [-0.2, -0.15) is 0 Å². The summed E-state index contributed by atoms with van der Waals surface area (Å²) in [6.45, 7) is 0. The van der Waals surface area contributed by atoms with Crippen LogP contribution in [0.25, 0.3) is 6.08 Å². The molecule has 22 heavy (non-hydrogen) atoms. The van der Waals surface area contributed by atoms with Crippen LogP contribution in [-0.4, -0.2) is 16.0 Å². The van der Waals surface area contributed by atoms with E-state index in [1.165, 1.54) is 37.8 Å². The van der Waals surface area contributed by atoms with Crippen LogP contribution in [0.4, 0.5) is 0 Å². The van der Waals surface area contributed by atoms with Crippen LogP contribution in [0, 0.1) is 23.2 Å². The van der Waals surface area contributed by atoms with E-state index in [0.717, 1.165) is 30.2 Å². The zero-order valence-corrected chi connectivity index (χ0v) is 12.7. The van der Waals surface area contributed by atoms with Crippen molar-refractivity contribution < 1.29 is 15.0 Å². The van der Waals surface area contributed by atoms with Gasteiger partial charge in [0.1, 0.15) is 0 Å². The molecule has 1 aromatic rings. The maximum Gasteiger partial charge on any atom is 0.162 e. The van der Waals surface area contributed by atoms with Crippen molar-refractivity contribution in [3.63, 3.8) is 0 Å². The number of ketones is 1. The molecule has 4 rings (SSSR count). The average Bonchev–Trinajstić information content (AvgIpc) is 2.68. The van der Waals surface area contributed by atoms with Crippen molar-refractivity contribution in [3.05, 3.63) is 29.8 Å². The van der Waals surface area contributed by atoms with Gasteiger partial charge in [-0.25, -0.2) is 0 Å². The summed E-state index contributed by atoms with van der Waals surface area (Å²) in [4.78, 5) is 12.9. The SMILES string of the molecule is O=C(C=Cc1ccc(O)c(O)c1)C12CCC3CC(CC1C3)C2. The van der Waals surface area contributed by atoms with Gasteiger partial charge in [-0.1, -0.05) is 12.1 Å². The van der Waals surface area contributed by atoms with Crippen LogP contribution in [0.2, 0.25) is 0 Å². The molecule has 116 valence electrons. The standard InChI is InChI=1S/C19H22O3/c20-16-3-1-12(10-17(16)21)2-4-18(22)19-6-5-13-7-14(11-19)9-15(19)8-13/h1-4,10,13-15,20-21H,5-9,11H2. The lowest BCUT2D eigenvalue weighted by Gasteiger charge is -2.41. The molecule has 4 atom stereocenters. The Balaban J connectivity index is 1.57. The van der Waals surface area contributed by atoms with Gasteiger partial charge in [0.05, 0.1) is 0 Å². The van der Waals surface area contributed by atoms with Crippen molar-refractivity contribution in [3.8, 4) is 11.5 Å². The van der Waals surface area contributed by atoms with E-state index < -0.39 is 0 Å². The third-order valence-corrected chi connectivity index (χ3v) is 6.25. The van der Waals surface area contributed by atoms with Gasteiger partial charge in [-0.05, 0) is 80.1 Å². The number of benzene rings is 1. The molecule has 0 spiro atoms. The number of allylic oxidation sites excluding steroid dienone is 1. The zero-order chi connectivity index (χ0) is 15.3. The van der Waals surface area contributed by atoms with Gasteiger partial charge in [0.2, 0.25) is 0 Å². The normalized spacial score (nSPS) is 36.1. The topological polar surface area (TPSA) is 57.5 Å². The molecule has 3 aliphatic carbocycles. The highest BCUT2D eigenvalue weighted by molar-refractivity contribution is 5.98. The summed E-state index contributed by atoms with van der Waals surface area (Å²) in [6, 6.07) is 4.65. The Morgan fingerprint density at radius 2 is 1.95 bits per heavy atom. The Labute approximate surface area is 130 Å². The number of fused-ring (bicyclic) bond motifs is 2. The molecular weight excluding hydrogens is 276 g/mol. The Morgan fingerprint density at radius 1 is 1.14 bits per heavy atom. The maximum atomic E-state index is 12.9. The summed E-state index contributed by atoms with van der Waals surface area (Å²) in [5, 5.41) is 18.9. The minimum absolute atomic E-state index is 0.104. The predicted molar refractivity (Wildman–Crippen MR) is 84.4 cm³/mol. The Kier molecular flexibility index (Phi) is 3.07. The number of aromatic hydroxyl groups is 2. The minimum atomic E-state index is -0.148. The van der Waals surface area contributed by atoms with Gasteiger partial charge >= 0.3 is 0 Å². The van der Waals surface area contributed by atoms with E-state index in [1.807, 2.05) is 0 Å². The fraction of sp³-hybridized carbons (Fsp3) is 0.526. The van der Waals surface area contributed by atoms with Crippen molar-refractivity contribution in [2.75, 3.05) is 0 Å². The average molecular weight is 298 g/mol. The molecule has 0 heterocycles. The first-order chi connectivity index (χ1) is 10.6. The molecule has 3 aliphatic rings. The fourth-order valence-electron chi connectivity index (χ4n) is 5.28. The molecular formula is C19H22O3. The number of phenols is 2. The van der Waals surface area contributed by atoms with Crippen molar-refractivity contribution in [1.82, 2.24) is 0 Å². The Hall–Kier alpha value is -1.77. The molecule has 1 aromatic carbocycles. The molecule has 0 aromatic heterocycles. The summed E-state index contributed by atoms with van der Waals surface area (Å²) in [5.41, 5.74) is 0.641. The summed E-state index contributed by atoms with van der Waals surface area (Å²) >= 11 is 0. The summed E-state index contributed by atoms with van der Waals surface area (Å²) < 4.78 is 0. The van der Waals surface area contributed by atoms with Crippen LogP contribution < -0.4 is 0 Å². The number of phenolic OH excluding ortho intramolecular Hbond substituents is 2. The molecule has 3 fully saturated rings. The van der Waals surface area contributed by atoms with E-state index in [1.54, 1.807) is 18.2 Å². The molecule has 4 unspecified atom stereocenters. The lowest BCUT2D eigenvalue weighted by atomic mass is 9.62. The molecule has 2 N–H and O–H groups in total. The number of carbonyl (C=O) groups excluding carboxylic acids is 1.